The molecule has 8 heteroatoms. The van der Waals surface area contributed by atoms with Crippen LogP contribution in [0.1, 0.15) is 17.2 Å². The molecule has 0 aromatic heterocycles. The van der Waals surface area contributed by atoms with Gasteiger partial charge in [0.1, 0.15) is 6.10 Å². The second-order valence-electron chi connectivity index (χ2n) is 6.57. The highest BCUT2D eigenvalue weighted by molar-refractivity contribution is 5.56. The zero-order valence-electron chi connectivity index (χ0n) is 18.5. The number of ether oxygens (including phenoxy) is 6. The van der Waals surface area contributed by atoms with Gasteiger partial charge in [0.05, 0.1) is 42.2 Å². The molecule has 31 heavy (non-hydrogen) atoms. The maximum atomic E-state index is 10.6. The molecule has 2 aromatic rings. The van der Waals surface area contributed by atoms with Crippen molar-refractivity contribution in [3.63, 3.8) is 0 Å². The highest BCUT2D eigenvalue weighted by Crippen LogP contribution is 2.45. The van der Waals surface area contributed by atoms with Gasteiger partial charge in [-0.25, -0.2) is 0 Å². The monoisotopic (exact) mass is 434 g/mol. The molecule has 0 fully saturated rings. The van der Waals surface area contributed by atoms with Crippen LogP contribution in [0.2, 0.25) is 0 Å². The van der Waals surface area contributed by atoms with Crippen molar-refractivity contribution in [1.29, 1.82) is 0 Å². The van der Waals surface area contributed by atoms with Gasteiger partial charge in [0.25, 0.3) is 0 Å². The third kappa shape index (κ3) is 5.34. The van der Waals surface area contributed by atoms with Gasteiger partial charge in [-0.1, -0.05) is 6.08 Å². The van der Waals surface area contributed by atoms with Gasteiger partial charge in [0.2, 0.25) is 11.5 Å². The zero-order valence-corrected chi connectivity index (χ0v) is 18.5. The minimum absolute atomic E-state index is 0.282. The molecule has 0 aliphatic carbocycles. The summed E-state index contributed by atoms with van der Waals surface area (Å²) >= 11 is 0. The Balaban J connectivity index is 2.61. The molecule has 170 valence electrons. The molecule has 2 atom stereocenters. The Bertz CT molecular complexity index is 830. The molecule has 0 heterocycles. The normalized spacial score (nSPS) is 12.5. The lowest BCUT2D eigenvalue weighted by molar-refractivity contribution is -0.00406. The van der Waals surface area contributed by atoms with E-state index in [4.69, 9.17) is 28.4 Å². The number of hydrogen-bond acceptors (Lipinski definition) is 8. The van der Waals surface area contributed by atoms with Crippen LogP contribution in [0.3, 0.4) is 0 Å². The van der Waals surface area contributed by atoms with Gasteiger partial charge in [-0.3, -0.25) is 0 Å². The predicted molar refractivity (Wildman–Crippen MR) is 116 cm³/mol. The van der Waals surface area contributed by atoms with Crippen LogP contribution in [0.25, 0.3) is 0 Å². The SMILES string of the molecule is C=CCc1cc(OC)c(OC(c2cc(OC)c(OC)c(OC)c2)C(O)CO)c(OC)c1. The van der Waals surface area contributed by atoms with Crippen molar-refractivity contribution >= 4 is 0 Å². The fourth-order valence-corrected chi connectivity index (χ4v) is 3.19. The predicted octanol–water partition coefficient (Wildman–Crippen LogP) is 2.93. The molecular formula is C23H30O8. The van der Waals surface area contributed by atoms with Crippen LogP contribution in [0.15, 0.2) is 36.9 Å². The van der Waals surface area contributed by atoms with Crippen molar-refractivity contribution in [3.8, 4) is 34.5 Å². The largest absolute Gasteiger partial charge is 0.493 e. The number of allylic oxidation sites excluding steroid dienone is 1. The van der Waals surface area contributed by atoms with Crippen LogP contribution in [0, 0.1) is 0 Å². The minimum Gasteiger partial charge on any atom is -0.493 e. The molecule has 2 unspecified atom stereocenters. The number of benzene rings is 2. The highest BCUT2D eigenvalue weighted by Gasteiger charge is 2.29. The van der Waals surface area contributed by atoms with Crippen molar-refractivity contribution in [3.05, 3.63) is 48.0 Å². The van der Waals surface area contributed by atoms with Crippen molar-refractivity contribution in [2.75, 3.05) is 42.2 Å². The lowest BCUT2D eigenvalue weighted by atomic mass is 10.0. The van der Waals surface area contributed by atoms with Gasteiger partial charge in [-0.05, 0) is 36.2 Å². The first-order valence-corrected chi connectivity index (χ1v) is 9.59. The maximum absolute atomic E-state index is 10.6. The van der Waals surface area contributed by atoms with Crippen molar-refractivity contribution in [2.24, 2.45) is 0 Å². The third-order valence-corrected chi connectivity index (χ3v) is 4.70. The van der Waals surface area contributed by atoms with Crippen molar-refractivity contribution in [2.45, 2.75) is 18.6 Å². The summed E-state index contributed by atoms with van der Waals surface area (Å²) in [6, 6.07) is 6.90. The van der Waals surface area contributed by atoms with E-state index in [1.54, 1.807) is 30.3 Å². The van der Waals surface area contributed by atoms with E-state index >= 15 is 0 Å². The van der Waals surface area contributed by atoms with E-state index in [9.17, 15) is 10.2 Å². The van der Waals surface area contributed by atoms with Crippen LogP contribution in [0.4, 0.5) is 0 Å². The fraction of sp³-hybridized carbons (Fsp3) is 0.391. The Morgan fingerprint density at radius 1 is 0.806 bits per heavy atom. The average molecular weight is 434 g/mol. The summed E-state index contributed by atoms with van der Waals surface area (Å²) in [5.41, 5.74) is 1.42. The highest BCUT2D eigenvalue weighted by atomic mass is 16.6. The minimum atomic E-state index is -1.26. The first kappa shape index (κ1) is 24.2. The molecule has 0 saturated carbocycles. The fourth-order valence-electron chi connectivity index (χ4n) is 3.19. The Morgan fingerprint density at radius 3 is 1.68 bits per heavy atom. The molecule has 2 N–H and O–H groups in total. The summed E-state index contributed by atoms with van der Waals surface area (Å²) in [6.07, 6.45) is 0.128. The lowest BCUT2D eigenvalue weighted by Crippen LogP contribution is -2.27. The molecule has 2 aromatic carbocycles. The van der Waals surface area contributed by atoms with Gasteiger partial charge < -0.3 is 38.6 Å². The maximum Gasteiger partial charge on any atom is 0.204 e. The summed E-state index contributed by atoms with van der Waals surface area (Å²) in [6.45, 7) is 3.21. The number of aliphatic hydroxyl groups is 2. The van der Waals surface area contributed by atoms with Crippen molar-refractivity contribution < 1.29 is 38.6 Å². The van der Waals surface area contributed by atoms with Gasteiger partial charge in [-0.15, -0.1) is 6.58 Å². The standard InChI is InChI=1S/C23H30O8/c1-7-8-14-9-17(26-2)23(18(10-14)27-3)31-21(16(25)13-24)15-11-19(28-4)22(30-6)20(12-15)29-5/h7,9-12,16,21,24-25H,1,8,13H2,2-6H3. The zero-order chi connectivity index (χ0) is 23.0. The number of aliphatic hydroxyl groups excluding tert-OH is 2. The van der Waals surface area contributed by atoms with Gasteiger partial charge in [0.15, 0.2) is 29.1 Å². The molecule has 8 nitrogen and oxygen atoms in total. The summed E-state index contributed by atoms with van der Waals surface area (Å²) < 4.78 is 33.3. The first-order chi connectivity index (χ1) is 15.0. The smallest absolute Gasteiger partial charge is 0.204 e. The number of methoxy groups -OCH3 is 5. The molecule has 0 radical (unpaired) electrons. The molecule has 0 aliphatic rings. The third-order valence-electron chi connectivity index (χ3n) is 4.70. The quantitative estimate of drug-likeness (QED) is 0.493. The molecule has 0 aliphatic heterocycles. The van der Waals surface area contributed by atoms with Crippen LogP contribution < -0.4 is 28.4 Å². The van der Waals surface area contributed by atoms with Crippen LogP contribution in [-0.2, 0) is 6.42 Å². The summed E-state index contributed by atoms with van der Waals surface area (Å²) in [5.74, 6) is 2.28. The van der Waals surface area contributed by atoms with E-state index in [0.717, 1.165) is 5.56 Å². The molecular weight excluding hydrogens is 404 g/mol. The van der Waals surface area contributed by atoms with E-state index in [1.165, 1.54) is 35.5 Å². The summed E-state index contributed by atoms with van der Waals surface area (Å²) in [7, 11) is 7.50. The summed E-state index contributed by atoms with van der Waals surface area (Å²) in [4.78, 5) is 0. The number of rotatable bonds is 12. The van der Waals surface area contributed by atoms with E-state index < -0.39 is 18.8 Å². The van der Waals surface area contributed by atoms with E-state index in [-0.39, 0.29) is 5.75 Å². The summed E-state index contributed by atoms with van der Waals surface area (Å²) in [5, 5.41) is 20.2. The van der Waals surface area contributed by atoms with E-state index in [1.807, 2.05) is 0 Å². The molecule has 0 bridgehead atoms. The van der Waals surface area contributed by atoms with Gasteiger partial charge in [0, 0.05) is 5.56 Å². The van der Waals surface area contributed by atoms with Crippen LogP contribution in [-0.4, -0.2) is 58.5 Å². The van der Waals surface area contributed by atoms with Gasteiger partial charge >= 0.3 is 0 Å². The topological polar surface area (TPSA) is 95.8 Å². The van der Waals surface area contributed by atoms with Crippen molar-refractivity contribution in [1.82, 2.24) is 0 Å². The molecule has 0 amide bonds. The second-order valence-corrected chi connectivity index (χ2v) is 6.57. The second kappa shape index (κ2) is 11.3. The van der Waals surface area contributed by atoms with E-state index in [0.29, 0.717) is 40.7 Å². The van der Waals surface area contributed by atoms with Gasteiger partial charge in [-0.2, -0.15) is 0 Å². The Morgan fingerprint density at radius 2 is 1.29 bits per heavy atom. The van der Waals surface area contributed by atoms with Crippen LogP contribution in [0.5, 0.6) is 34.5 Å². The molecule has 0 spiro atoms. The first-order valence-electron chi connectivity index (χ1n) is 9.59. The van der Waals surface area contributed by atoms with Crippen LogP contribution >= 0.6 is 0 Å². The Labute approximate surface area is 182 Å². The molecule has 2 rings (SSSR count). The molecule has 0 saturated heterocycles. The Hall–Kier alpha value is -3.10. The van der Waals surface area contributed by atoms with E-state index in [2.05, 4.69) is 6.58 Å². The Kier molecular flexibility index (Phi) is 8.84. The average Bonchev–Trinajstić information content (AvgIpc) is 2.81. The number of hydrogen-bond donors (Lipinski definition) is 2. The lowest BCUT2D eigenvalue weighted by Gasteiger charge is -2.27.